The first-order chi connectivity index (χ1) is 11.3. The summed E-state index contributed by atoms with van der Waals surface area (Å²) < 4.78 is 31.4. The average molecular weight is 366 g/mol. The number of halogens is 1. The molecule has 1 aliphatic rings. The molecule has 0 saturated heterocycles. The van der Waals surface area contributed by atoms with Crippen LogP contribution in [0.2, 0.25) is 5.02 Å². The van der Waals surface area contributed by atoms with Gasteiger partial charge in [-0.3, -0.25) is 0 Å². The van der Waals surface area contributed by atoms with Crippen LogP contribution in [0.5, 0.6) is 0 Å². The first-order valence-corrected chi connectivity index (χ1v) is 9.57. The molecule has 0 heterocycles. The van der Waals surface area contributed by atoms with E-state index in [4.69, 9.17) is 22.1 Å². The van der Waals surface area contributed by atoms with Gasteiger partial charge in [0.2, 0.25) is 0 Å². The van der Waals surface area contributed by atoms with Crippen LogP contribution in [0.3, 0.4) is 0 Å². The van der Waals surface area contributed by atoms with Crippen molar-refractivity contribution in [2.24, 2.45) is 5.73 Å². The van der Waals surface area contributed by atoms with E-state index in [-0.39, 0.29) is 17.4 Å². The van der Waals surface area contributed by atoms with Crippen LogP contribution < -0.4 is 5.73 Å². The molecule has 3 atom stereocenters. The maximum atomic E-state index is 13.1. The van der Waals surface area contributed by atoms with E-state index in [0.717, 1.165) is 11.1 Å². The van der Waals surface area contributed by atoms with E-state index >= 15 is 0 Å². The highest BCUT2D eigenvalue weighted by atomic mass is 35.5. The molecule has 1 fully saturated rings. The minimum Gasteiger partial charge on any atom is -0.383 e. The summed E-state index contributed by atoms with van der Waals surface area (Å²) >= 11 is 5.86. The van der Waals surface area contributed by atoms with Crippen LogP contribution in [-0.2, 0) is 14.6 Å². The summed E-state index contributed by atoms with van der Waals surface area (Å²) in [6, 6.07) is 14.0. The minimum absolute atomic E-state index is 0.184. The summed E-state index contributed by atoms with van der Waals surface area (Å²) in [5, 5.41) is -0.218. The largest absolute Gasteiger partial charge is 0.383 e. The van der Waals surface area contributed by atoms with E-state index in [2.05, 4.69) is 0 Å². The monoisotopic (exact) mass is 365 g/mol. The van der Waals surface area contributed by atoms with Crippen LogP contribution in [0.1, 0.15) is 17.0 Å². The van der Waals surface area contributed by atoms with Gasteiger partial charge in [0.25, 0.3) is 0 Å². The average Bonchev–Trinajstić information content (AvgIpc) is 3.15. The Balaban J connectivity index is 2.01. The number of hydrogen-bond donors (Lipinski definition) is 1. The molecule has 0 aliphatic heterocycles. The third-order valence-corrected chi connectivity index (χ3v) is 7.17. The highest BCUT2D eigenvalue weighted by molar-refractivity contribution is 7.92. The number of rotatable bonds is 5. The Hall–Kier alpha value is -1.40. The third-order valence-electron chi connectivity index (χ3n) is 4.61. The SMILES string of the molecule is COC[C@]1(N)[C@@H](c2ccc(C)cc2)[C@@H]1S(=O)(=O)c1ccc(Cl)cc1. The molecule has 1 saturated carbocycles. The second kappa shape index (κ2) is 6.15. The molecule has 6 heteroatoms. The fraction of sp³-hybridized carbons (Fsp3) is 0.333. The Morgan fingerprint density at radius 2 is 1.71 bits per heavy atom. The van der Waals surface area contributed by atoms with E-state index in [1.54, 1.807) is 12.1 Å². The van der Waals surface area contributed by atoms with Gasteiger partial charge in [-0.25, -0.2) is 8.42 Å². The summed E-state index contributed by atoms with van der Waals surface area (Å²) in [7, 11) is -2.05. The lowest BCUT2D eigenvalue weighted by Gasteiger charge is -2.11. The molecule has 128 valence electrons. The molecular formula is C18H20ClNO3S. The van der Waals surface area contributed by atoms with E-state index in [0.29, 0.717) is 5.02 Å². The number of nitrogens with two attached hydrogens (primary N) is 1. The van der Waals surface area contributed by atoms with Gasteiger partial charge >= 0.3 is 0 Å². The molecule has 0 bridgehead atoms. The standard InChI is InChI=1S/C18H20ClNO3S/c1-12-3-5-13(6-4-12)16-17(18(16,20)11-23-2)24(21,22)15-9-7-14(19)8-10-15/h3-10,16-17H,11,20H2,1-2H3/t16-,17-,18-/m0/s1. The number of methoxy groups -OCH3 is 1. The van der Waals surface area contributed by atoms with Crippen molar-refractivity contribution in [2.45, 2.75) is 28.5 Å². The van der Waals surface area contributed by atoms with Gasteiger partial charge < -0.3 is 10.5 Å². The molecule has 2 aromatic rings. The summed E-state index contributed by atoms with van der Waals surface area (Å²) in [5.41, 5.74) is 7.55. The number of benzene rings is 2. The van der Waals surface area contributed by atoms with Crippen LogP contribution in [-0.4, -0.2) is 32.9 Å². The summed E-state index contributed by atoms with van der Waals surface area (Å²) in [4.78, 5) is 0.234. The molecule has 0 aromatic heterocycles. The first kappa shape index (κ1) is 17.4. The lowest BCUT2D eigenvalue weighted by molar-refractivity contribution is 0.171. The zero-order valence-electron chi connectivity index (χ0n) is 13.6. The van der Waals surface area contributed by atoms with E-state index in [1.165, 1.54) is 19.2 Å². The van der Waals surface area contributed by atoms with Crippen molar-refractivity contribution in [3.8, 4) is 0 Å². The van der Waals surface area contributed by atoms with Gasteiger partial charge in [0.05, 0.1) is 22.3 Å². The molecule has 0 radical (unpaired) electrons. The second-order valence-electron chi connectivity index (χ2n) is 6.35. The zero-order chi connectivity index (χ0) is 17.5. The lowest BCUT2D eigenvalue weighted by atomic mass is 10.1. The molecule has 1 aliphatic carbocycles. The fourth-order valence-corrected chi connectivity index (χ4v) is 5.76. The van der Waals surface area contributed by atoms with E-state index in [1.807, 2.05) is 31.2 Å². The van der Waals surface area contributed by atoms with Crippen molar-refractivity contribution < 1.29 is 13.2 Å². The van der Waals surface area contributed by atoms with Crippen LogP contribution >= 0.6 is 11.6 Å². The number of ether oxygens (including phenoxy) is 1. The van der Waals surface area contributed by atoms with E-state index in [9.17, 15) is 8.42 Å². The maximum absolute atomic E-state index is 13.1. The van der Waals surface area contributed by atoms with Crippen LogP contribution in [0.4, 0.5) is 0 Å². The lowest BCUT2D eigenvalue weighted by Crippen LogP contribution is -2.35. The van der Waals surface area contributed by atoms with Gasteiger partial charge in [-0.05, 0) is 36.8 Å². The Morgan fingerprint density at radius 1 is 1.12 bits per heavy atom. The van der Waals surface area contributed by atoms with Crippen LogP contribution in [0.25, 0.3) is 0 Å². The molecule has 24 heavy (non-hydrogen) atoms. The normalized spacial score (nSPS) is 26.3. The Kier molecular flexibility index (Phi) is 4.47. The van der Waals surface area contributed by atoms with Crippen molar-refractivity contribution >= 4 is 21.4 Å². The Morgan fingerprint density at radius 3 is 2.25 bits per heavy atom. The minimum atomic E-state index is -3.58. The summed E-state index contributed by atoms with van der Waals surface area (Å²) in [6.07, 6.45) is 0. The summed E-state index contributed by atoms with van der Waals surface area (Å²) in [6.45, 7) is 2.17. The van der Waals surface area contributed by atoms with Gasteiger partial charge in [0.15, 0.2) is 9.84 Å². The Bertz CT molecular complexity index is 834. The quantitative estimate of drug-likeness (QED) is 0.884. The molecule has 0 unspecified atom stereocenters. The van der Waals surface area contributed by atoms with Gasteiger partial charge in [-0.2, -0.15) is 0 Å². The maximum Gasteiger partial charge on any atom is 0.183 e. The zero-order valence-corrected chi connectivity index (χ0v) is 15.1. The third kappa shape index (κ3) is 2.86. The molecule has 4 nitrogen and oxygen atoms in total. The Labute approximate surface area is 147 Å². The highest BCUT2D eigenvalue weighted by Gasteiger charge is 2.69. The number of sulfone groups is 1. The van der Waals surface area contributed by atoms with Crippen LogP contribution in [0, 0.1) is 6.92 Å². The predicted molar refractivity (Wildman–Crippen MR) is 95.1 cm³/mol. The first-order valence-electron chi connectivity index (χ1n) is 7.64. The highest BCUT2D eigenvalue weighted by Crippen LogP contribution is 2.55. The van der Waals surface area contributed by atoms with Gasteiger partial charge in [0.1, 0.15) is 0 Å². The second-order valence-corrected chi connectivity index (χ2v) is 8.86. The van der Waals surface area contributed by atoms with Gasteiger partial charge in [-0.1, -0.05) is 41.4 Å². The topological polar surface area (TPSA) is 69.4 Å². The van der Waals surface area contributed by atoms with Crippen molar-refractivity contribution in [3.05, 3.63) is 64.7 Å². The smallest absolute Gasteiger partial charge is 0.183 e. The van der Waals surface area contributed by atoms with Gasteiger partial charge in [0, 0.05) is 18.1 Å². The molecule has 0 spiro atoms. The van der Waals surface area contributed by atoms with Crippen molar-refractivity contribution in [3.63, 3.8) is 0 Å². The number of hydrogen-bond acceptors (Lipinski definition) is 4. The number of aryl methyl sites for hydroxylation is 1. The van der Waals surface area contributed by atoms with Gasteiger partial charge in [-0.15, -0.1) is 0 Å². The van der Waals surface area contributed by atoms with E-state index < -0.39 is 20.6 Å². The van der Waals surface area contributed by atoms with Crippen LogP contribution in [0.15, 0.2) is 53.4 Å². The molecule has 2 N–H and O–H groups in total. The summed E-state index contributed by atoms with van der Waals surface area (Å²) in [5.74, 6) is -0.293. The van der Waals surface area contributed by atoms with Crippen molar-refractivity contribution in [1.82, 2.24) is 0 Å². The molecule has 2 aromatic carbocycles. The van der Waals surface area contributed by atoms with Crippen molar-refractivity contribution in [1.29, 1.82) is 0 Å². The predicted octanol–water partition coefficient (Wildman–Crippen LogP) is 2.93. The molecule has 0 amide bonds. The van der Waals surface area contributed by atoms with Crippen molar-refractivity contribution in [2.75, 3.05) is 13.7 Å². The molecular weight excluding hydrogens is 346 g/mol. The fourth-order valence-electron chi connectivity index (χ4n) is 3.34. The molecule has 3 rings (SSSR count).